The number of nitrogens with one attached hydrogen (secondary N) is 1. The lowest BCUT2D eigenvalue weighted by atomic mass is 10.1. The number of alkyl halides is 3. The molecule has 10 heteroatoms. The van der Waals surface area contributed by atoms with E-state index in [0.717, 1.165) is 35.2 Å². The molecular weight excluding hydrogens is 441 g/mol. The molecule has 1 N–H and O–H groups in total. The lowest BCUT2D eigenvalue weighted by Gasteiger charge is -2.11. The number of aryl methyl sites for hydroxylation is 2. The number of ether oxygens (including phenoxy) is 1. The Balaban J connectivity index is 1.59. The fourth-order valence-corrected chi connectivity index (χ4v) is 3.72. The molecule has 0 aliphatic heterocycles. The van der Waals surface area contributed by atoms with Crippen molar-refractivity contribution >= 4 is 23.4 Å². The van der Waals surface area contributed by atoms with Gasteiger partial charge >= 0.3 is 6.18 Å². The number of halogens is 3. The number of aromatic nitrogens is 3. The summed E-state index contributed by atoms with van der Waals surface area (Å²) in [6.45, 7) is 6.77. The second kappa shape index (κ2) is 10.1. The lowest BCUT2D eigenvalue weighted by Crippen LogP contribution is -2.15. The smallest absolute Gasteiger partial charge is 0.416 e. The first-order chi connectivity index (χ1) is 15.2. The van der Waals surface area contributed by atoms with Gasteiger partial charge in [-0.2, -0.15) is 13.2 Å². The molecule has 6 nitrogen and oxygen atoms in total. The zero-order valence-corrected chi connectivity index (χ0v) is 18.7. The molecule has 0 aliphatic rings. The normalized spacial score (nSPS) is 11.4. The Bertz CT molecular complexity index is 1100. The molecule has 1 heterocycles. The topological polar surface area (TPSA) is 69.0 Å². The maximum absolute atomic E-state index is 12.8. The number of anilines is 1. The van der Waals surface area contributed by atoms with E-state index in [1.54, 1.807) is 0 Å². The molecule has 0 bridgehead atoms. The van der Waals surface area contributed by atoms with Gasteiger partial charge < -0.3 is 14.6 Å². The molecule has 1 aromatic heterocycles. The maximum Gasteiger partial charge on any atom is 0.416 e. The van der Waals surface area contributed by atoms with Gasteiger partial charge in [0.25, 0.3) is 0 Å². The Morgan fingerprint density at radius 1 is 1.12 bits per heavy atom. The summed E-state index contributed by atoms with van der Waals surface area (Å²) in [5.74, 6) is 0.889. The Labute approximate surface area is 188 Å². The fraction of sp³-hybridized carbons (Fsp3) is 0.318. The predicted molar refractivity (Wildman–Crippen MR) is 117 cm³/mol. The highest BCUT2D eigenvalue weighted by molar-refractivity contribution is 7.99. The van der Waals surface area contributed by atoms with Crippen LogP contribution in [-0.4, -0.2) is 26.4 Å². The lowest BCUT2D eigenvalue weighted by molar-refractivity contribution is -0.137. The predicted octanol–water partition coefficient (Wildman–Crippen LogP) is 5.24. The van der Waals surface area contributed by atoms with Gasteiger partial charge in [0.05, 0.1) is 11.3 Å². The fourth-order valence-electron chi connectivity index (χ4n) is 2.90. The number of amides is 1. The van der Waals surface area contributed by atoms with Crippen LogP contribution in [0.5, 0.6) is 5.75 Å². The first kappa shape index (κ1) is 23.6. The van der Waals surface area contributed by atoms with Gasteiger partial charge in [0.15, 0.2) is 11.0 Å². The number of nitrogens with zero attached hydrogens (tertiary/aromatic N) is 3. The molecule has 0 spiro atoms. The van der Waals surface area contributed by atoms with E-state index in [1.807, 2.05) is 43.5 Å². The van der Waals surface area contributed by atoms with Gasteiger partial charge in [-0.1, -0.05) is 23.9 Å². The zero-order chi connectivity index (χ0) is 23.3. The highest BCUT2D eigenvalue weighted by atomic mass is 32.2. The van der Waals surface area contributed by atoms with Gasteiger partial charge in [-0.25, -0.2) is 0 Å². The van der Waals surface area contributed by atoms with Crippen molar-refractivity contribution in [1.29, 1.82) is 0 Å². The minimum absolute atomic E-state index is 0.0214. The Morgan fingerprint density at radius 2 is 1.91 bits per heavy atom. The molecule has 1 amide bonds. The second-order valence-corrected chi connectivity index (χ2v) is 8.04. The molecular formula is C22H23F3N4O2S. The van der Waals surface area contributed by atoms with Crippen LogP contribution in [0.15, 0.2) is 47.6 Å². The summed E-state index contributed by atoms with van der Waals surface area (Å²) in [4.78, 5) is 12.2. The van der Waals surface area contributed by atoms with Gasteiger partial charge in [-0.15, -0.1) is 10.2 Å². The number of hydrogen-bond donors (Lipinski definition) is 1. The first-order valence-corrected chi connectivity index (χ1v) is 10.9. The summed E-state index contributed by atoms with van der Waals surface area (Å²) in [6, 6.07) is 10.3. The Kier molecular flexibility index (Phi) is 7.44. The van der Waals surface area contributed by atoms with E-state index in [9.17, 15) is 18.0 Å². The summed E-state index contributed by atoms with van der Waals surface area (Å²) in [5, 5.41) is 11.3. The molecule has 0 radical (unpaired) electrons. The van der Waals surface area contributed by atoms with Crippen molar-refractivity contribution in [2.75, 3.05) is 11.1 Å². The van der Waals surface area contributed by atoms with Crippen molar-refractivity contribution in [3.8, 4) is 5.75 Å². The number of rotatable bonds is 8. The van der Waals surface area contributed by atoms with E-state index >= 15 is 0 Å². The van der Waals surface area contributed by atoms with E-state index in [1.165, 1.54) is 17.7 Å². The zero-order valence-electron chi connectivity index (χ0n) is 17.9. The van der Waals surface area contributed by atoms with E-state index in [-0.39, 0.29) is 18.0 Å². The van der Waals surface area contributed by atoms with Crippen LogP contribution in [0.1, 0.15) is 29.4 Å². The molecule has 2 aromatic carbocycles. The second-order valence-electron chi connectivity index (χ2n) is 7.09. The molecule has 0 saturated heterocycles. The summed E-state index contributed by atoms with van der Waals surface area (Å²) < 4.78 is 46.1. The van der Waals surface area contributed by atoms with Crippen LogP contribution < -0.4 is 10.1 Å². The molecule has 0 fully saturated rings. The third-order valence-corrected chi connectivity index (χ3v) is 5.73. The SMILES string of the molecule is CCn1c(COc2ccc(C)c(C)c2)nnc1SCC(=O)Nc1cccc(C(F)(F)F)c1. The van der Waals surface area contributed by atoms with Crippen molar-refractivity contribution in [3.05, 3.63) is 65.0 Å². The quantitative estimate of drug-likeness (QED) is 0.462. The summed E-state index contributed by atoms with van der Waals surface area (Å²) >= 11 is 1.16. The van der Waals surface area contributed by atoms with Crippen LogP contribution in [0.3, 0.4) is 0 Å². The van der Waals surface area contributed by atoms with Crippen molar-refractivity contribution < 1.29 is 22.7 Å². The molecule has 32 heavy (non-hydrogen) atoms. The van der Waals surface area contributed by atoms with E-state index in [2.05, 4.69) is 15.5 Å². The molecule has 0 atom stereocenters. The highest BCUT2D eigenvalue weighted by Crippen LogP contribution is 2.30. The Morgan fingerprint density at radius 3 is 2.59 bits per heavy atom. The van der Waals surface area contributed by atoms with E-state index < -0.39 is 17.6 Å². The number of benzene rings is 2. The minimum atomic E-state index is -4.47. The van der Waals surface area contributed by atoms with E-state index in [4.69, 9.17) is 4.74 Å². The third kappa shape index (κ3) is 6.03. The molecule has 0 aliphatic carbocycles. The maximum atomic E-state index is 12.8. The molecule has 0 saturated carbocycles. The number of hydrogen-bond acceptors (Lipinski definition) is 5. The standard InChI is InChI=1S/C22H23F3N4O2S/c1-4-29-19(12-31-18-9-8-14(2)15(3)10-18)27-28-21(29)32-13-20(30)26-17-7-5-6-16(11-17)22(23,24)25/h5-11H,4,12-13H2,1-3H3,(H,26,30). The van der Waals surface area contributed by atoms with Crippen LogP contribution in [-0.2, 0) is 24.1 Å². The molecule has 170 valence electrons. The van der Waals surface area contributed by atoms with Crippen LogP contribution in [0.4, 0.5) is 18.9 Å². The average molecular weight is 465 g/mol. The van der Waals surface area contributed by atoms with Gasteiger partial charge in [-0.05, 0) is 62.2 Å². The molecule has 0 unspecified atom stereocenters. The summed E-state index contributed by atoms with van der Waals surface area (Å²) in [7, 11) is 0. The number of carbonyl (C=O) groups is 1. The van der Waals surface area contributed by atoms with Gasteiger partial charge in [0, 0.05) is 12.2 Å². The third-order valence-electron chi connectivity index (χ3n) is 4.76. The van der Waals surface area contributed by atoms with Crippen LogP contribution >= 0.6 is 11.8 Å². The molecule has 3 aromatic rings. The van der Waals surface area contributed by atoms with Crippen molar-refractivity contribution in [2.45, 2.75) is 45.3 Å². The largest absolute Gasteiger partial charge is 0.486 e. The van der Waals surface area contributed by atoms with Gasteiger partial charge in [0.2, 0.25) is 5.91 Å². The van der Waals surface area contributed by atoms with Crippen molar-refractivity contribution in [1.82, 2.24) is 14.8 Å². The number of thioether (sulfide) groups is 1. The summed E-state index contributed by atoms with van der Waals surface area (Å²) in [6.07, 6.45) is -4.47. The number of carbonyl (C=O) groups excluding carboxylic acids is 1. The van der Waals surface area contributed by atoms with E-state index in [0.29, 0.717) is 17.5 Å². The monoisotopic (exact) mass is 464 g/mol. The first-order valence-electron chi connectivity index (χ1n) is 9.89. The van der Waals surface area contributed by atoms with Crippen LogP contribution in [0, 0.1) is 13.8 Å². The van der Waals surface area contributed by atoms with Gasteiger partial charge in [-0.3, -0.25) is 4.79 Å². The van der Waals surface area contributed by atoms with Crippen molar-refractivity contribution in [3.63, 3.8) is 0 Å². The minimum Gasteiger partial charge on any atom is -0.486 e. The van der Waals surface area contributed by atoms with Gasteiger partial charge in [0.1, 0.15) is 12.4 Å². The highest BCUT2D eigenvalue weighted by Gasteiger charge is 2.30. The Hall–Kier alpha value is -3.01. The van der Waals surface area contributed by atoms with Crippen LogP contribution in [0.25, 0.3) is 0 Å². The van der Waals surface area contributed by atoms with Crippen molar-refractivity contribution in [2.24, 2.45) is 0 Å². The summed E-state index contributed by atoms with van der Waals surface area (Å²) in [5.41, 5.74) is 1.57. The van der Waals surface area contributed by atoms with Crippen LogP contribution in [0.2, 0.25) is 0 Å². The average Bonchev–Trinajstić information content (AvgIpc) is 3.14. The molecule has 3 rings (SSSR count).